The van der Waals surface area contributed by atoms with Gasteiger partial charge in [0.2, 0.25) is 0 Å². The number of rotatable bonds is 2. The Labute approximate surface area is 119 Å². The maximum Gasteiger partial charge on any atom is 0.154 e. The van der Waals surface area contributed by atoms with Crippen molar-refractivity contribution in [1.29, 1.82) is 0 Å². The molecule has 7 heteroatoms. The fourth-order valence-electron chi connectivity index (χ4n) is 2.42. The summed E-state index contributed by atoms with van der Waals surface area (Å²) in [7, 11) is 0. The minimum atomic E-state index is -0.675. The van der Waals surface area contributed by atoms with Crippen molar-refractivity contribution in [3.05, 3.63) is 29.6 Å². The normalized spacial score (nSPS) is 17.7. The highest BCUT2D eigenvalue weighted by atomic mass is 35.5. The molecule has 0 N–H and O–H groups in total. The molecule has 108 valence electrons. The van der Waals surface area contributed by atoms with Crippen molar-refractivity contribution in [2.45, 2.75) is 12.3 Å². The van der Waals surface area contributed by atoms with E-state index in [0.29, 0.717) is 37.6 Å². The van der Waals surface area contributed by atoms with Gasteiger partial charge in [-0.05, 0) is 6.92 Å². The van der Waals surface area contributed by atoms with Crippen molar-refractivity contribution in [3.8, 4) is 0 Å². The van der Waals surface area contributed by atoms with Crippen molar-refractivity contribution in [2.75, 3.05) is 31.3 Å². The fourth-order valence-corrected chi connectivity index (χ4v) is 2.56. The third-order valence-corrected chi connectivity index (χ3v) is 3.50. The molecule has 3 rings (SSSR count). The molecular formula is C13H14ClF2N3O. The van der Waals surface area contributed by atoms with E-state index in [1.807, 2.05) is 5.01 Å². The first kappa shape index (κ1) is 13.6. The summed E-state index contributed by atoms with van der Waals surface area (Å²) in [6.07, 6.45) is 0. The van der Waals surface area contributed by atoms with Gasteiger partial charge < -0.3 is 9.75 Å². The summed E-state index contributed by atoms with van der Waals surface area (Å²) in [5.74, 6) is -0.795. The molecule has 0 aliphatic carbocycles. The van der Waals surface area contributed by atoms with Crippen molar-refractivity contribution >= 4 is 22.6 Å². The van der Waals surface area contributed by atoms with E-state index in [1.54, 1.807) is 11.6 Å². The van der Waals surface area contributed by atoms with Crippen LogP contribution in [0, 0.1) is 11.6 Å². The summed E-state index contributed by atoms with van der Waals surface area (Å²) in [5, 5.41) is 1.54. The Hall–Kier alpha value is -1.40. The number of hydrogen-bond acceptors (Lipinski definition) is 3. The molecule has 2 aromatic rings. The van der Waals surface area contributed by atoms with Crippen LogP contribution in [0.4, 0.5) is 8.78 Å². The molecule has 1 aliphatic heterocycles. The molecule has 0 radical (unpaired) electrons. The van der Waals surface area contributed by atoms with Crippen LogP contribution >= 0.6 is 11.6 Å². The van der Waals surface area contributed by atoms with Crippen LogP contribution in [-0.2, 0) is 4.74 Å². The lowest BCUT2D eigenvalue weighted by molar-refractivity contribution is 0.111. The topological polar surface area (TPSA) is 30.3 Å². The van der Waals surface area contributed by atoms with Gasteiger partial charge in [-0.25, -0.2) is 18.4 Å². The van der Waals surface area contributed by atoms with Crippen LogP contribution < -0.4 is 5.01 Å². The number of imidazole rings is 1. The van der Waals surface area contributed by atoms with Crippen molar-refractivity contribution < 1.29 is 13.5 Å². The molecule has 1 aromatic heterocycles. The van der Waals surface area contributed by atoms with Gasteiger partial charge in [-0.2, -0.15) is 0 Å². The van der Waals surface area contributed by atoms with E-state index in [1.165, 1.54) is 6.07 Å². The van der Waals surface area contributed by atoms with Crippen molar-refractivity contribution in [2.24, 2.45) is 0 Å². The van der Waals surface area contributed by atoms with Gasteiger partial charge in [0.05, 0.1) is 37.2 Å². The van der Waals surface area contributed by atoms with E-state index < -0.39 is 17.0 Å². The monoisotopic (exact) mass is 301 g/mol. The molecule has 0 saturated carbocycles. The van der Waals surface area contributed by atoms with Crippen LogP contribution in [-0.4, -0.2) is 36.0 Å². The van der Waals surface area contributed by atoms with E-state index in [4.69, 9.17) is 16.3 Å². The van der Waals surface area contributed by atoms with Crippen LogP contribution in [0.3, 0.4) is 0 Å². The molecule has 1 unspecified atom stereocenters. The zero-order valence-corrected chi connectivity index (χ0v) is 11.7. The predicted molar refractivity (Wildman–Crippen MR) is 72.7 cm³/mol. The lowest BCUT2D eigenvalue weighted by Crippen LogP contribution is -2.44. The summed E-state index contributed by atoms with van der Waals surface area (Å²) in [4.78, 5) is 4.23. The van der Waals surface area contributed by atoms with Crippen LogP contribution in [0.5, 0.6) is 0 Å². The highest BCUT2D eigenvalue weighted by Crippen LogP contribution is 2.27. The van der Waals surface area contributed by atoms with Gasteiger partial charge in [-0.15, -0.1) is 11.6 Å². The molecule has 1 aliphatic rings. The number of hydrogen-bond donors (Lipinski definition) is 0. The first-order chi connectivity index (χ1) is 9.58. The average Bonchev–Trinajstić information content (AvgIpc) is 2.79. The third kappa shape index (κ3) is 2.23. The number of nitrogens with zero attached hydrogens (tertiary/aromatic N) is 3. The maximum absolute atomic E-state index is 13.9. The smallest absolute Gasteiger partial charge is 0.154 e. The molecule has 4 nitrogen and oxygen atoms in total. The van der Waals surface area contributed by atoms with Crippen LogP contribution in [0.1, 0.15) is 18.1 Å². The predicted octanol–water partition coefficient (Wildman–Crippen LogP) is 2.58. The molecule has 1 fully saturated rings. The Bertz CT molecular complexity index is 638. The molecule has 0 spiro atoms. The van der Waals surface area contributed by atoms with Crippen molar-refractivity contribution in [3.63, 3.8) is 0 Å². The second kappa shape index (κ2) is 5.18. The molecule has 1 aromatic carbocycles. The summed E-state index contributed by atoms with van der Waals surface area (Å²) in [5.41, 5.74) is 0.535. The second-order valence-electron chi connectivity index (χ2n) is 4.72. The maximum atomic E-state index is 13.9. The lowest BCUT2D eigenvalue weighted by Gasteiger charge is -2.31. The van der Waals surface area contributed by atoms with E-state index in [2.05, 4.69) is 4.98 Å². The zero-order valence-electron chi connectivity index (χ0n) is 10.9. The number of benzene rings is 1. The van der Waals surface area contributed by atoms with E-state index >= 15 is 0 Å². The lowest BCUT2D eigenvalue weighted by atomic mass is 10.3. The number of alkyl halides is 1. The van der Waals surface area contributed by atoms with Gasteiger partial charge in [-0.1, -0.05) is 0 Å². The minimum absolute atomic E-state index is 0.139. The van der Waals surface area contributed by atoms with E-state index in [-0.39, 0.29) is 5.52 Å². The summed E-state index contributed by atoms with van der Waals surface area (Å²) < 4.78 is 34.4. The standard InChI is InChI=1S/C13H14ClF2N3O/c1-8(14)13-17-12-10(16)6-9(15)7-11(12)19(13)18-2-4-20-5-3-18/h6-8H,2-5H2,1H3. The molecule has 0 amide bonds. The number of halogens is 3. The Balaban J connectivity index is 2.22. The highest BCUT2D eigenvalue weighted by molar-refractivity contribution is 6.20. The van der Waals surface area contributed by atoms with E-state index in [9.17, 15) is 8.78 Å². The molecule has 1 atom stereocenters. The molecule has 0 bridgehead atoms. The summed E-state index contributed by atoms with van der Waals surface area (Å²) in [6.45, 7) is 4.13. The second-order valence-corrected chi connectivity index (χ2v) is 5.37. The highest BCUT2D eigenvalue weighted by Gasteiger charge is 2.23. The minimum Gasteiger partial charge on any atom is -0.378 e. The first-order valence-electron chi connectivity index (χ1n) is 6.42. The average molecular weight is 302 g/mol. The molecule has 1 saturated heterocycles. The van der Waals surface area contributed by atoms with E-state index in [0.717, 1.165) is 6.07 Å². The van der Waals surface area contributed by atoms with Gasteiger partial charge in [0.15, 0.2) is 5.82 Å². The largest absolute Gasteiger partial charge is 0.378 e. The Morgan fingerprint density at radius 3 is 2.65 bits per heavy atom. The molecule has 2 heterocycles. The number of ether oxygens (including phenoxy) is 1. The molecular weight excluding hydrogens is 288 g/mol. The summed E-state index contributed by atoms with van der Waals surface area (Å²) >= 11 is 6.13. The zero-order chi connectivity index (χ0) is 14.3. The van der Waals surface area contributed by atoms with Gasteiger partial charge in [-0.3, -0.25) is 0 Å². The third-order valence-electron chi connectivity index (χ3n) is 3.31. The number of morpholine rings is 1. The molecule has 20 heavy (non-hydrogen) atoms. The Morgan fingerprint density at radius 2 is 2.00 bits per heavy atom. The van der Waals surface area contributed by atoms with Gasteiger partial charge in [0.25, 0.3) is 0 Å². The quantitative estimate of drug-likeness (QED) is 0.799. The SMILES string of the molecule is CC(Cl)c1nc2c(F)cc(F)cc2n1N1CCOCC1. The first-order valence-corrected chi connectivity index (χ1v) is 6.86. The van der Waals surface area contributed by atoms with Gasteiger partial charge in [0, 0.05) is 12.1 Å². The van der Waals surface area contributed by atoms with Crippen LogP contribution in [0.15, 0.2) is 12.1 Å². The van der Waals surface area contributed by atoms with Gasteiger partial charge in [0.1, 0.15) is 17.2 Å². The van der Waals surface area contributed by atoms with Crippen LogP contribution in [0.2, 0.25) is 0 Å². The number of fused-ring (bicyclic) bond motifs is 1. The fraction of sp³-hybridized carbons (Fsp3) is 0.462. The Morgan fingerprint density at radius 1 is 1.30 bits per heavy atom. The Kier molecular flexibility index (Phi) is 3.52. The van der Waals surface area contributed by atoms with Crippen molar-refractivity contribution in [1.82, 2.24) is 9.66 Å². The van der Waals surface area contributed by atoms with Crippen LogP contribution in [0.25, 0.3) is 11.0 Å². The van der Waals surface area contributed by atoms with Gasteiger partial charge >= 0.3 is 0 Å². The number of aromatic nitrogens is 2. The summed E-state index contributed by atoms with van der Waals surface area (Å²) in [6, 6.07) is 2.12.